The standard InChI is InChI=1S/C18H19N4S/c1-19-12-7-13-22(19)17-11-6-9-15(20(17)2)18-21(3)14-8-4-5-10-16(14)23-18/h4-13H,1-3H3/q+3. The number of hydrogen-bond donors (Lipinski definition) is 0. The Kier molecular flexibility index (Phi) is 3.23. The summed E-state index contributed by atoms with van der Waals surface area (Å²) in [6.07, 6.45) is 4.12. The van der Waals surface area contributed by atoms with Gasteiger partial charge in [0.25, 0.3) is 0 Å². The van der Waals surface area contributed by atoms with Gasteiger partial charge in [-0.05, 0) is 22.9 Å². The summed E-state index contributed by atoms with van der Waals surface area (Å²) in [6, 6.07) is 17.0. The molecular weight excluding hydrogens is 304 g/mol. The fourth-order valence-electron chi connectivity index (χ4n) is 3.00. The van der Waals surface area contributed by atoms with Crippen molar-refractivity contribution in [2.24, 2.45) is 21.1 Å². The molecule has 0 radical (unpaired) electrons. The van der Waals surface area contributed by atoms with Gasteiger partial charge >= 0.3 is 10.8 Å². The predicted molar refractivity (Wildman–Crippen MR) is 90.1 cm³/mol. The number of hydrogen-bond acceptors (Lipinski definition) is 1. The highest BCUT2D eigenvalue weighted by Crippen LogP contribution is 2.26. The maximum absolute atomic E-state index is 2.27. The Bertz CT molecular complexity index is 1010. The van der Waals surface area contributed by atoms with Crippen LogP contribution < -0.4 is 13.8 Å². The lowest BCUT2D eigenvalue weighted by Crippen LogP contribution is -2.46. The van der Waals surface area contributed by atoms with Gasteiger partial charge in [0.15, 0.2) is 13.2 Å². The van der Waals surface area contributed by atoms with Crippen LogP contribution in [-0.2, 0) is 21.1 Å². The molecule has 0 bridgehead atoms. The summed E-state index contributed by atoms with van der Waals surface area (Å²) >= 11 is 1.83. The van der Waals surface area contributed by atoms with Crippen LogP contribution in [-0.4, -0.2) is 4.68 Å². The number of pyridine rings is 1. The molecule has 0 aliphatic heterocycles. The van der Waals surface area contributed by atoms with Gasteiger partial charge in [-0.25, -0.2) is 4.57 Å². The molecule has 0 N–H and O–H groups in total. The fraction of sp³-hybridized carbons (Fsp3) is 0.167. The van der Waals surface area contributed by atoms with E-state index in [-0.39, 0.29) is 0 Å². The van der Waals surface area contributed by atoms with Crippen molar-refractivity contribution in [2.75, 3.05) is 0 Å². The smallest absolute Gasteiger partial charge is 0.219 e. The largest absolute Gasteiger partial charge is 0.342 e. The Balaban J connectivity index is 1.96. The number of thiazole rings is 1. The van der Waals surface area contributed by atoms with Gasteiger partial charge in [-0.3, -0.25) is 0 Å². The molecule has 0 atom stereocenters. The number of rotatable bonds is 2. The maximum atomic E-state index is 2.27. The molecule has 0 saturated carbocycles. The highest BCUT2D eigenvalue weighted by atomic mass is 32.1. The summed E-state index contributed by atoms with van der Waals surface area (Å²) < 4.78 is 10.0. The fourth-order valence-corrected chi connectivity index (χ4v) is 4.21. The van der Waals surface area contributed by atoms with Gasteiger partial charge < -0.3 is 0 Å². The molecule has 3 heterocycles. The van der Waals surface area contributed by atoms with E-state index < -0.39 is 0 Å². The van der Waals surface area contributed by atoms with Crippen LogP contribution in [0, 0.1) is 0 Å². The van der Waals surface area contributed by atoms with Gasteiger partial charge in [0, 0.05) is 16.8 Å². The van der Waals surface area contributed by atoms with Gasteiger partial charge in [-0.2, -0.15) is 4.57 Å². The van der Waals surface area contributed by atoms with E-state index in [1.165, 1.54) is 20.9 Å². The van der Waals surface area contributed by atoms with Crippen LogP contribution in [0.15, 0.2) is 60.9 Å². The number of fused-ring (bicyclic) bond motifs is 1. The Morgan fingerprint density at radius 2 is 1.70 bits per heavy atom. The van der Waals surface area contributed by atoms with Gasteiger partial charge in [-0.1, -0.05) is 23.5 Å². The minimum atomic E-state index is 1.13. The van der Waals surface area contributed by atoms with Crippen LogP contribution in [0.25, 0.3) is 26.7 Å². The van der Waals surface area contributed by atoms with Crippen LogP contribution in [0.3, 0.4) is 0 Å². The van der Waals surface area contributed by atoms with Crippen molar-refractivity contribution >= 4 is 21.6 Å². The lowest BCUT2D eigenvalue weighted by Gasteiger charge is -2.02. The average Bonchev–Trinajstić information content (AvgIpc) is 3.12. The number of aromatic nitrogens is 4. The first-order valence-electron chi connectivity index (χ1n) is 7.57. The molecule has 0 unspecified atom stereocenters. The van der Waals surface area contributed by atoms with Crippen molar-refractivity contribution in [3.8, 4) is 16.5 Å². The van der Waals surface area contributed by atoms with Gasteiger partial charge in [0.2, 0.25) is 17.4 Å². The van der Waals surface area contributed by atoms with E-state index in [0.717, 1.165) is 5.82 Å². The Morgan fingerprint density at radius 3 is 2.43 bits per heavy atom. The Morgan fingerprint density at radius 1 is 0.870 bits per heavy atom. The van der Waals surface area contributed by atoms with E-state index in [1.54, 1.807) is 0 Å². The van der Waals surface area contributed by atoms with Gasteiger partial charge in [-0.15, -0.1) is 0 Å². The second-order valence-electron chi connectivity index (χ2n) is 5.67. The first kappa shape index (κ1) is 14.1. The monoisotopic (exact) mass is 323 g/mol. The molecule has 5 heteroatoms. The molecule has 1 aromatic carbocycles. The third-order valence-corrected chi connectivity index (χ3v) is 5.51. The zero-order valence-corrected chi connectivity index (χ0v) is 14.3. The average molecular weight is 323 g/mol. The molecule has 114 valence electrons. The molecule has 0 amide bonds. The van der Waals surface area contributed by atoms with Crippen LogP contribution in [0.4, 0.5) is 0 Å². The molecule has 3 aromatic heterocycles. The van der Waals surface area contributed by atoms with Crippen LogP contribution in [0.5, 0.6) is 0 Å². The summed E-state index contributed by atoms with van der Waals surface area (Å²) in [5.74, 6) is 1.13. The molecule has 4 nitrogen and oxygen atoms in total. The summed E-state index contributed by atoms with van der Waals surface area (Å²) in [6.45, 7) is 0. The third kappa shape index (κ3) is 2.16. The summed E-state index contributed by atoms with van der Waals surface area (Å²) in [5.41, 5.74) is 2.48. The van der Waals surface area contributed by atoms with Crippen LogP contribution in [0.1, 0.15) is 0 Å². The number of benzene rings is 1. The van der Waals surface area contributed by atoms with Crippen molar-refractivity contribution in [2.45, 2.75) is 0 Å². The summed E-state index contributed by atoms with van der Waals surface area (Å²) in [5, 5.41) is 1.25. The van der Waals surface area contributed by atoms with Crippen molar-refractivity contribution in [1.29, 1.82) is 0 Å². The summed E-state index contributed by atoms with van der Waals surface area (Å²) in [4.78, 5) is 0. The zero-order chi connectivity index (χ0) is 16.0. The Hall–Kier alpha value is -2.53. The zero-order valence-electron chi connectivity index (χ0n) is 13.5. The molecule has 0 aliphatic rings. The van der Waals surface area contributed by atoms with E-state index in [0.29, 0.717) is 0 Å². The topological polar surface area (TPSA) is 16.6 Å². The van der Waals surface area contributed by atoms with Crippen molar-refractivity contribution < 1.29 is 13.8 Å². The van der Waals surface area contributed by atoms with E-state index >= 15 is 0 Å². The summed E-state index contributed by atoms with van der Waals surface area (Å²) in [7, 11) is 6.30. The van der Waals surface area contributed by atoms with Crippen LogP contribution in [0.2, 0.25) is 0 Å². The lowest BCUT2D eigenvalue weighted by atomic mass is 10.3. The van der Waals surface area contributed by atoms with E-state index in [2.05, 4.69) is 81.3 Å². The predicted octanol–water partition coefficient (Wildman–Crippen LogP) is 1.83. The normalized spacial score (nSPS) is 11.3. The molecule has 0 aliphatic carbocycles. The van der Waals surface area contributed by atoms with E-state index in [4.69, 9.17) is 0 Å². The van der Waals surface area contributed by atoms with E-state index in [1.807, 2.05) is 30.6 Å². The van der Waals surface area contributed by atoms with Crippen molar-refractivity contribution in [3.63, 3.8) is 0 Å². The highest BCUT2D eigenvalue weighted by Gasteiger charge is 2.26. The lowest BCUT2D eigenvalue weighted by molar-refractivity contribution is -0.764. The maximum Gasteiger partial charge on any atom is 0.342 e. The van der Waals surface area contributed by atoms with Crippen molar-refractivity contribution in [3.05, 3.63) is 60.9 Å². The van der Waals surface area contributed by atoms with Gasteiger partial charge in [0.1, 0.15) is 11.7 Å². The second kappa shape index (κ2) is 5.28. The first-order chi connectivity index (χ1) is 11.2. The molecule has 0 spiro atoms. The Labute approximate surface area is 139 Å². The quantitative estimate of drug-likeness (QED) is 0.501. The number of nitrogens with zero attached hydrogens (tertiary/aromatic N) is 4. The minimum Gasteiger partial charge on any atom is -0.219 e. The van der Waals surface area contributed by atoms with E-state index in [9.17, 15) is 0 Å². The first-order valence-corrected chi connectivity index (χ1v) is 8.39. The number of aryl methyl sites for hydroxylation is 2. The molecule has 0 fully saturated rings. The molecular formula is C18H19N4S+3. The second-order valence-corrected chi connectivity index (χ2v) is 6.70. The minimum absolute atomic E-state index is 1.13. The molecule has 0 saturated heterocycles. The molecule has 23 heavy (non-hydrogen) atoms. The third-order valence-electron chi connectivity index (χ3n) is 4.27. The van der Waals surface area contributed by atoms with Crippen molar-refractivity contribution in [1.82, 2.24) is 4.68 Å². The molecule has 4 rings (SSSR count). The number of para-hydroxylation sites is 1. The highest BCUT2D eigenvalue weighted by molar-refractivity contribution is 7.21. The van der Waals surface area contributed by atoms with Gasteiger partial charge in [0.05, 0.1) is 13.1 Å². The SMILES string of the molecule is C[n+]1c(-c2sc3ccccc3[n+]2C)cccc1-n1ccc[n+]1C. The molecule has 4 aromatic rings. The van der Waals surface area contributed by atoms with Crippen LogP contribution >= 0.6 is 11.3 Å².